The Balaban J connectivity index is 1.86. The Kier molecular flexibility index (Phi) is 4.64. The number of fused-ring (bicyclic) bond motifs is 5. The first kappa shape index (κ1) is 18.4. The summed E-state index contributed by atoms with van der Waals surface area (Å²) >= 11 is 3.74. The van der Waals surface area contributed by atoms with Gasteiger partial charge in [0.15, 0.2) is 11.5 Å². The normalized spacial score (nSPS) is 13.5. The largest absolute Gasteiger partial charge is 0.493 e. The van der Waals surface area contributed by atoms with Crippen LogP contribution in [0.1, 0.15) is 11.1 Å². The molecule has 1 aliphatic heterocycles. The molecule has 1 aromatic heterocycles. The number of nitrogens with one attached hydrogen (secondary N) is 1. The van der Waals surface area contributed by atoms with E-state index in [-0.39, 0.29) is 0 Å². The first-order valence-corrected chi connectivity index (χ1v) is 10.5. The van der Waals surface area contributed by atoms with E-state index in [0.717, 1.165) is 40.8 Å². The van der Waals surface area contributed by atoms with E-state index in [0.29, 0.717) is 11.5 Å². The average molecular weight is 449 g/mol. The summed E-state index contributed by atoms with van der Waals surface area (Å²) in [4.78, 5) is 5.13. The molecule has 0 atom stereocenters. The minimum Gasteiger partial charge on any atom is -0.493 e. The molecular weight excluding hydrogens is 428 g/mol. The lowest BCUT2D eigenvalue weighted by molar-refractivity contribution is 0.353. The van der Waals surface area contributed by atoms with Crippen LogP contribution < -0.4 is 14.8 Å². The van der Waals surface area contributed by atoms with Crippen LogP contribution in [0.25, 0.3) is 32.9 Å². The molecule has 0 unspecified atom stereocenters. The molecule has 0 amide bonds. The van der Waals surface area contributed by atoms with Crippen LogP contribution >= 0.6 is 15.9 Å². The van der Waals surface area contributed by atoms with Crippen molar-refractivity contribution >= 4 is 37.6 Å². The van der Waals surface area contributed by atoms with Crippen molar-refractivity contribution in [2.24, 2.45) is 0 Å². The highest BCUT2D eigenvalue weighted by atomic mass is 79.9. The number of hydrogen-bond donors (Lipinski definition) is 1. The van der Waals surface area contributed by atoms with E-state index in [1.807, 2.05) is 6.07 Å². The summed E-state index contributed by atoms with van der Waals surface area (Å²) in [6.45, 7) is 1.78. The maximum Gasteiger partial charge on any atom is 0.175 e. The van der Waals surface area contributed by atoms with Crippen LogP contribution in [0.2, 0.25) is 0 Å². The molecule has 0 saturated heterocycles. The van der Waals surface area contributed by atoms with E-state index in [1.54, 1.807) is 14.2 Å². The number of methoxy groups -OCH3 is 2. The number of pyridine rings is 1. The van der Waals surface area contributed by atoms with Crippen molar-refractivity contribution in [1.29, 1.82) is 0 Å². The molecule has 2 heterocycles. The van der Waals surface area contributed by atoms with Crippen molar-refractivity contribution in [1.82, 2.24) is 10.3 Å². The van der Waals surface area contributed by atoms with E-state index in [1.165, 1.54) is 27.3 Å². The van der Waals surface area contributed by atoms with Crippen molar-refractivity contribution in [3.8, 4) is 22.8 Å². The Hall–Kier alpha value is -2.63. The Morgan fingerprint density at radius 1 is 0.966 bits per heavy atom. The van der Waals surface area contributed by atoms with Crippen LogP contribution in [0.3, 0.4) is 0 Å². The van der Waals surface area contributed by atoms with Gasteiger partial charge in [0.2, 0.25) is 0 Å². The predicted molar refractivity (Wildman–Crippen MR) is 121 cm³/mol. The second-order valence-electron chi connectivity index (χ2n) is 7.19. The van der Waals surface area contributed by atoms with Crippen molar-refractivity contribution in [3.63, 3.8) is 0 Å². The van der Waals surface area contributed by atoms with Gasteiger partial charge in [-0.05, 0) is 69.0 Å². The number of rotatable bonds is 3. The predicted octanol–water partition coefficient (Wildman–Crippen LogP) is 5.48. The van der Waals surface area contributed by atoms with Gasteiger partial charge < -0.3 is 14.8 Å². The topological polar surface area (TPSA) is 43.4 Å². The van der Waals surface area contributed by atoms with Gasteiger partial charge in [-0.2, -0.15) is 0 Å². The summed E-state index contributed by atoms with van der Waals surface area (Å²) in [5.74, 6) is 1.38. The Morgan fingerprint density at radius 2 is 1.83 bits per heavy atom. The van der Waals surface area contributed by atoms with Gasteiger partial charge in [0.05, 0.1) is 29.9 Å². The molecule has 0 aliphatic carbocycles. The molecule has 29 heavy (non-hydrogen) atoms. The molecular formula is C24H21BrN2O2. The van der Waals surface area contributed by atoms with Crippen LogP contribution in [0, 0.1) is 0 Å². The second-order valence-corrected chi connectivity index (χ2v) is 7.98. The van der Waals surface area contributed by atoms with Gasteiger partial charge in [-0.25, -0.2) is 4.98 Å². The number of aromatic nitrogens is 1. The summed E-state index contributed by atoms with van der Waals surface area (Å²) in [5.41, 5.74) is 5.68. The lowest BCUT2D eigenvalue weighted by Gasteiger charge is -2.24. The zero-order valence-electron chi connectivity index (χ0n) is 16.4. The molecule has 0 radical (unpaired) electrons. The average Bonchev–Trinajstić information content (AvgIpc) is 2.78. The van der Waals surface area contributed by atoms with Crippen LogP contribution in [0.4, 0.5) is 0 Å². The van der Waals surface area contributed by atoms with Gasteiger partial charge in [-0.15, -0.1) is 0 Å². The van der Waals surface area contributed by atoms with Crippen molar-refractivity contribution in [3.05, 3.63) is 64.1 Å². The number of ether oxygens (including phenoxy) is 2. The summed E-state index contributed by atoms with van der Waals surface area (Å²) < 4.78 is 11.9. The highest BCUT2D eigenvalue weighted by molar-refractivity contribution is 9.10. The van der Waals surface area contributed by atoms with E-state index in [4.69, 9.17) is 14.5 Å². The molecule has 0 spiro atoms. The Bertz CT molecular complexity index is 1250. The van der Waals surface area contributed by atoms with Gasteiger partial charge in [-0.3, -0.25) is 0 Å². The lowest BCUT2D eigenvalue weighted by Crippen LogP contribution is -2.25. The molecule has 4 nitrogen and oxygen atoms in total. The van der Waals surface area contributed by atoms with E-state index in [2.05, 4.69) is 63.7 Å². The Morgan fingerprint density at radius 3 is 2.66 bits per heavy atom. The molecule has 0 fully saturated rings. The van der Waals surface area contributed by atoms with Gasteiger partial charge in [0.25, 0.3) is 0 Å². The highest BCUT2D eigenvalue weighted by Crippen LogP contribution is 2.44. The molecule has 5 heteroatoms. The number of benzene rings is 3. The summed E-state index contributed by atoms with van der Waals surface area (Å²) in [7, 11) is 3.30. The molecule has 1 aliphatic rings. The Labute approximate surface area is 178 Å². The summed E-state index contributed by atoms with van der Waals surface area (Å²) in [6, 6.07) is 16.8. The van der Waals surface area contributed by atoms with E-state index < -0.39 is 0 Å². The van der Waals surface area contributed by atoms with Gasteiger partial charge >= 0.3 is 0 Å². The fraction of sp³-hybridized carbons (Fsp3) is 0.208. The SMILES string of the molecule is COc1ccc(-c2nc3ccc4ccccc4c3c3c2CNCC3)c(Br)c1OC. The minimum absolute atomic E-state index is 0.683. The first-order chi connectivity index (χ1) is 14.2. The molecule has 3 aromatic carbocycles. The standard InChI is InChI=1S/C24H21BrN2O2/c1-28-20-10-8-17(22(25)24(20)29-2)23-18-13-26-12-11-16(18)21-15-6-4-3-5-14(15)7-9-19(21)27-23/h3-10,26H,11-13H2,1-2H3. The first-order valence-electron chi connectivity index (χ1n) is 9.67. The number of nitrogens with zero attached hydrogens (tertiary/aromatic N) is 1. The van der Waals surface area contributed by atoms with Crippen LogP contribution in [0.5, 0.6) is 11.5 Å². The summed E-state index contributed by atoms with van der Waals surface area (Å²) in [6.07, 6.45) is 0.986. The molecule has 0 bridgehead atoms. The third-order valence-corrected chi connectivity index (χ3v) is 6.47. The van der Waals surface area contributed by atoms with Crippen LogP contribution in [-0.4, -0.2) is 25.7 Å². The smallest absolute Gasteiger partial charge is 0.175 e. The van der Waals surface area contributed by atoms with Crippen LogP contribution in [-0.2, 0) is 13.0 Å². The third-order valence-electron chi connectivity index (χ3n) is 5.68. The zero-order chi connectivity index (χ0) is 20.0. The fourth-order valence-electron chi connectivity index (χ4n) is 4.34. The maximum absolute atomic E-state index is 5.60. The van der Waals surface area contributed by atoms with Crippen molar-refractivity contribution < 1.29 is 9.47 Å². The fourth-order valence-corrected chi connectivity index (χ4v) is 5.02. The van der Waals surface area contributed by atoms with E-state index in [9.17, 15) is 0 Å². The second kappa shape index (κ2) is 7.32. The quantitative estimate of drug-likeness (QED) is 0.421. The molecule has 4 aromatic rings. The third kappa shape index (κ3) is 2.88. The minimum atomic E-state index is 0.683. The van der Waals surface area contributed by atoms with Crippen molar-refractivity contribution in [2.45, 2.75) is 13.0 Å². The van der Waals surface area contributed by atoms with E-state index >= 15 is 0 Å². The van der Waals surface area contributed by atoms with Gasteiger partial charge in [-0.1, -0.05) is 30.3 Å². The van der Waals surface area contributed by atoms with Crippen LogP contribution in [0.15, 0.2) is 53.0 Å². The zero-order valence-corrected chi connectivity index (χ0v) is 18.0. The summed E-state index contributed by atoms with van der Waals surface area (Å²) in [5, 5.41) is 7.33. The molecule has 146 valence electrons. The number of hydrogen-bond acceptors (Lipinski definition) is 4. The highest BCUT2D eigenvalue weighted by Gasteiger charge is 2.23. The maximum atomic E-state index is 5.60. The van der Waals surface area contributed by atoms with Crippen molar-refractivity contribution in [2.75, 3.05) is 20.8 Å². The van der Waals surface area contributed by atoms with Gasteiger partial charge in [0, 0.05) is 17.5 Å². The molecule has 5 rings (SSSR count). The molecule has 1 N–H and O–H groups in total. The van der Waals surface area contributed by atoms with Gasteiger partial charge in [0.1, 0.15) is 0 Å². The number of halogens is 1. The monoisotopic (exact) mass is 448 g/mol. The molecule has 0 saturated carbocycles. The lowest BCUT2D eigenvalue weighted by atomic mass is 9.90.